The first-order chi connectivity index (χ1) is 9.80. The number of aliphatic hydroxyl groups is 1. The number of nitriles is 1. The van der Waals surface area contributed by atoms with Gasteiger partial charge in [-0.25, -0.2) is 8.78 Å². The molecule has 4 heteroatoms. The third kappa shape index (κ3) is 3.24. The molecule has 1 aromatic carbocycles. The lowest BCUT2D eigenvalue weighted by atomic mass is 9.62. The molecule has 1 aliphatic rings. The maximum Gasteiger partial charge on any atom is 0.263 e. The smallest absolute Gasteiger partial charge is 0.263 e. The number of aliphatic hydroxyl groups excluding tert-OH is 1. The zero-order valence-corrected chi connectivity index (χ0v) is 12.4. The molecule has 2 rings (SSSR count). The fourth-order valence-electron chi connectivity index (χ4n) is 2.96. The summed E-state index contributed by atoms with van der Waals surface area (Å²) in [5.41, 5.74) is -0.135. The minimum Gasteiger partial charge on any atom is -0.387 e. The monoisotopic (exact) mass is 293 g/mol. The number of halogens is 2. The van der Waals surface area contributed by atoms with Crippen molar-refractivity contribution in [3.63, 3.8) is 0 Å². The molecule has 0 aromatic heterocycles. The molecule has 0 bridgehead atoms. The van der Waals surface area contributed by atoms with Gasteiger partial charge in [-0.3, -0.25) is 0 Å². The van der Waals surface area contributed by atoms with Crippen molar-refractivity contribution in [1.29, 1.82) is 5.26 Å². The Labute approximate surface area is 124 Å². The van der Waals surface area contributed by atoms with Gasteiger partial charge in [-0.2, -0.15) is 5.26 Å². The Morgan fingerprint density at radius 1 is 1.05 bits per heavy atom. The van der Waals surface area contributed by atoms with Crippen LogP contribution >= 0.6 is 0 Å². The van der Waals surface area contributed by atoms with Crippen LogP contribution in [0, 0.1) is 22.2 Å². The van der Waals surface area contributed by atoms with Crippen LogP contribution in [0.15, 0.2) is 24.3 Å². The summed E-state index contributed by atoms with van der Waals surface area (Å²) in [7, 11) is 0. The summed E-state index contributed by atoms with van der Waals surface area (Å²) in [6.07, 6.45) is -0.413. The largest absolute Gasteiger partial charge is 0.387 e. The van der Waals surface area contributed by atoms with E-state index in [0.717, 1.165) is 12.8 Å². The summed E-state index contributed by atoms with van der Waals surface area (Å²) in [5, 5.41) is 20.1. The van der Waals surface area contributed by atoms with Crippen LogP contribution in [-0.2, 0) is 0 Å². The van der Waals surface area contributed by atoms with Crippen molar-refractivity contribution < 1.29 is 13.9 Å². The van der Waals surface area contributed by atoms with Crippen LogP contribution in [0.2, 0.25) is 0 Å². The number of hydrogen-bond donors (Lipinski definition) is 1. The maximum absolute atomic E-state index is 12.6. The highest BCUT2D eigenvalue weighted by Gasteiger charge is 2.44. The fraction of sp³-hybridized carbons (Fsp3) is 0.588. The van der Waals surface area contributed by atoms with Crippen molar-refractivity contribution in [2.75, 3.05) is 0 Å². The van der Waals surface area contributed by atoms with E-state index in [2.05, 4.69) is 19.9 Å². The average Bonchev–Trinajstić information content (AvgIpc) is 2.47. The SMILES string of the molecule is CC1(C)CCC(C#N)(C(O)c2ccc(C(F)F)cc2)CC1. The van der Waals surface area contributed by atoms with Gasteiger partial charge in [0.2, 0.25) is 0 Å². The molecule has 21 heavy (non-hydrogen) atoms. The summed E-state index contributed by atoms with van der Waals surface area (Å²) in [5.74, 6) is 0. The van der Waals surface area contributed by atoms with Gasteiger partial charge in [0.1, 0.15) is 0 Å². The molecule has 1 atom stereocenters. The van der Waals surface area contributed by atoms with Crippen molar-refractivity contribution >= 4 is 0 Å². The lowest BCUT2D eigenvalue weighted by Gasteiger charge is -2.42. The van der Waals surface area contributed by atoms with Gasteiger partial charge in [0.15, 0.2) is 0 Å². The molecule has 0 aliphatic heterocycles. The Kier molecular flexibility index (Phi) is 4.34. The molecule has 0 saturated heterocycles. The Hall–Kier alpha value is -1.47. The van der Waals surface area contributed by atoms with Crippen LogP contribution < -0.4 is 0 Å². The zero-order chi connectivity index (χ0) is 15.7. The first-order valence-corrected chi connectivity index (χ1v) is 7.27. The summed E-state index contributed by atoms with van der Waals surface area (Å²) in [4.78, 5) is 0. The molecule has 114 valence electrons. The second-order valence-electron chi connectivity index (χ2n) is 6.80. The molecule has 1 aliphatic carbocycles. The van der Waals surface area contributed by atoms with Crippen LogP contribution in [0.5, 0.6) is 0 Å². The fourth-order valence-corrected chi connectivity index (χ4v) is 2.96. The van der Waals surface area contributed by atoms with E-state index >= 15 is 0 Å². The Morgan fingerprint density at radius 2 is 1.52 bits per heavy atom. The summed E-state index contributed by atoms with van der Waals surface area (Å²) in [6, 6.07) is 7.94. The van der Waals surface area contributed by atoms with E-state index in [1.54, 1.807) is 0 Å². The standard InChI is InChI=1S/C17H21F2NO/c1-16(2)7-9-17(11-20,10-8-16)14(21)12-3-5-13(6-4-12)15(18)19/h3-6,14-15,21H,7-10H2,1-2H3. The Bertz CT molecular complexity index is 521. The Morgan fingerprint density at radius 3 is 1.95 bits per heavy atom. The van der Waals surface area contributed by atoms with E-state index in [1.165, 1.54) is 24.3 Å². The van der Waals surface area contributed by atoms with E-state index < -0.39 is 17.9 Å². The molecule has 2 nitrogen and oxygen atoms in total. The van der Waals surface area contributed by atoms with Gasteiger partial charge in [-0.1, -0.05) is 38.1 Å². The highest BCUT2D eigenvalue weighted by Crippen LogP contribution is 2.50. The van der Waals surface area contributed by atoms with Gasteiger partial charge >= 0.3 is 0 Å². The molecular formula is C17H21F2NO. The van der Waals surface area contributed by atoms with E-state index in [0.29, 0.717) is 18.4 Å². The van der Waals surface area contributed by atoms with Crippen molar-refractivity contribution in [1.82, 2.24) is 0 Å². The molecule has 0 heterocycles. The molecule has 1 fully saturated rings. The van der Waals surface area contributed by atoms with Crippen LogP contribution in [0.3, 0.4) is 0 Å². The highest BCUT2D eigenvalue weighted by atomic mass is 19.3. The summed E-state index contributed by atoms with van der Waals surface area (Å²) in [6.45, 7) is 4.33. The van der Waals surface area contributed by atoms with E-state index in [9.17, 15) is 19.1 Å². The normalized spacial score (nSPS) is 21.8. The predicted octanol–water partition coefficient (Wildman–Crippen LogP) is 4.77. The minimum absolute atomic E-state index is 0.0678. The van der Waals surface area contributed by atoms with Crippen molar-refractivity contribution in [2.45, 2.75) is 52.1 Å². The predicted molar refractivity (Wildman–Crippen MR) is 76.7 cm³/mol. The third-order valence-electron chi connectivity index (χ3n) is 4.75. The molecule has 1 saturated carbocycles. The molecule has 1 aromatic rings. The number of alkyl halides is 2. The van der Waals surface area contributed by atoms with Gasteiger partial charge < -0.3 is 5.11 Å². The van der Waals surface area contributed by atoms with Gasteiger partial charge in [-0.05, 0) is 36.7 Å². The van der Waals surface area contributed by atoms with E-state index in [1.807, 2.05) is 0 Å². The molecule has 0 spiro atoms. The first kappa shape index (κ1) is 15.9. The number of nitrogens with zero attached hydrogens (tertiary/aromatic N) is 1. The van der Waals surface area contributed by atoms with Gasteiger partial charge in [-0.15, -0.1) is 0 Å². The van der Waals surface area contributed by atoms with Crippen molar-refractivity contribution in [2.24, 2.45) is 10.8 Å². The van der Waals surface area contributed by atoms with E-state index in [4.69, 9.17) is 0 Å². The number of benzene rings is 1. The van der Waals surface area contributed by atoms with Gasteiger partial charge in [0.25, 0.3) is 6.43 Å². The summed E-state index contributed by atoms with van der Waals surface area (Å²) >= 11 is 0. The molecule has 1 N–H and O–H groups in total. The van der Waals surface area contributed by atoms with Crippen molar-refractivity contribution in [3.8, 4) is 6.07 Å². The van der Waals surface area contributed by atoms with Gasteiger partial charge in [0, 0.05) is 5.56 Å². The summed E-state index contributed by atoms with van der Waals surface area (Å²) < 4.78 is 25.1. The molecule has 0 radical (unpaired) electrons. The maximum atomic E-state index is 12.6. The van der Waals surface area contributed by atoms with Crippen molar-refractivity contribution in [3.05, 3.63) is 35.4 Å². The third-order valence-corrected chi connectivity index (χ3v) is 4.75. The van der Waals surface area contributed by atoms with E-state index in [-0.39, 0.29) is 11.0 Å². The zero-order valence-electron chi connectivity index (χ0n) is 12.4. The molecule has 0 amide bonds. The van der Waals surface area contributed by atoms with Crippen LogP contribution in [0.4, 0.5) is 8.78 Å². The Balaban J connectivity index is 2.21. The lowest BCUT2D eigenvalue weighted by Crippen LogP contribution is -2.35. The quantitative estimate of drug-likeness (QED) is 0.872. The number of hydrogen-bond acceptors (Lipinski definition) is 2. The van der Waals surface area contributed by atoms with Crippen LogP contribution in [0.1, 0.15) is 63.2 Å². The lowest BCUT2D eigenvalue weighted by molar-refractivity contribution is 0.00950. The van der Waals surface area contributed by atoms with Gasteiger partial charge in [0.05, 0.1) is 17.6 Å². The molecule has 1 unspecified atom stereocenters. The second-order valence-corrected chi connectivity index (χ2v) is 6.80. The molecular weight excluding hydrogens is 272 g/mol. The van der Waals surface area contributed by atoms with Crippen LogP contribution in [0.25, 0.3) is 0 Å². The first-order valence-electron chi connectivity index (χ1n) is 7.27. The topological polar surface area (TPSA) is 44.0 Å². The average molecular weight is 293 g/mol. The van der Waals surface area contributed by atoms with Crippen LogP contribution in [-0.4, -0.2) is 5.11 Å². The highest BCUT2D eigenvalue weighted by molar-refractivity contribution is 5.28. The second kappa shape index (κ2) is 5.73. The minimum atomic E-state index is -2.52. The number of rotatable bonds is 3.